The highest BCUT2D eigenvalue weighted by atomic mass is 16.5. The van der Waals surface area contributed by atoms with Crippen molar-refractivity contribution in [1.29, 1.82) is 0 Å². The van der Waals surface area contributed by atoms with E-state index in [-0.39, 0.29) is 17.9 Å². The number of rotatable bonds is 6. The third-order valence-corrected chi connectivity index (χ3v) is 3.19. The molecule has 0 saturated carbocycles. The van der Waals surface area contributed by atoms with Crippen LogP contribution in [0.15, 0.2) is 66.7 Å². The number of carbonyl (C=O) groups excluding carboxylic acids is 2. The topological polar surface area (TPSA) is 43.4 Å². The van der Waals surface area contributed by atoms with Crippen molar-refractivity contribution in [2.45, 2.75) is 20.0 Å². The Kier molecular flexibility index (Phi) is 6.26. The number of hydrogen-bond donors (Lipinski definition) is 0. The smallest absolute Gasteiger partial charge is 0.331 e. The van der Waals surface area contributed by atoms with Crippen LogP contribution in [-0.2, 0) is 9.53 Å². The Labute approximate surface area is 142 Å². The van der Waals surface area contributed by atoms with Gasteiger partial charge in [0.05, 0.1) is 6.10 Å². The Morgan fingerprint density at radius 2 is 1.38 bits per heavy atom. The van der Waals surface area contributed by atoms with Gasteiger partial charge in [0.25, 0.3) is 0 Å². The van der Waals surface area contributed by atoms with Crippen molar-refractivity contribution < 1.29 is 14.3 Å². The summed E-state index contributed by atoms with van der Waals surface area (Å²) in [5, 5.41) is 0. The van der Waals surface area contributed by atoms with Gasteiger partial charge < -0.3 is 4.74 Å². The molecule has 2 aromatic rings. The van der Waals surface area contributed by atoms with E-state index in [1.807, 2.05) is 56.3 Å². The van der Waals surface area contributed by atoms with Crippen molar-refractivity contribution in [2.24, 2.45) is 0 Å². The van der Waals surface area contributed by atoms with Gasteiger partial charge in [0.15, 0.2) is 5.78 Å². The van der Waals surface area contributed by atoms with Crippen molar-refractivity contribution >= 4 is 23.9 Å². The molecule has 122 valence electrons. The van der Waals surface area contributed by atoms with Crippen molar-refractivity contribution in [3.63, 3.8) is 0 Å². The normalized spacial score (nSPS) is 11.3. The molecule has 0 aliphatic carbocycles. The molecule has 3 heteroatoms. The van der Waals surface area contributed by atoms with Crippen LogP contribution in [0.2, 0.25) is 0 Å². The van der Waals surface area contributed by atoms with Crippen LogP contribution in [0.3, 0.4) is 0 Å². The molecule has 0 N–H and O–H groups in total. The maximum Gasteiger partial charge on any atom is 0.331 e. The van der Waals surface area contributed by atoms with Crippen LogP contribution in [-0.4, -0.2) is 17.9 Å². The highest BCUT2D eigenvalue weighted by Gasteiger charge is 2.01. The van der Waals surface area contributed by atoms with E-state index < -0.39 is 0 Å². The molecule has 0 fully saturated rings. The molecule has 2 aromatic carbocycles. The zero-order valence-electron chi connectivity index (χ0n) is 13.8. The van der Waals surface area contributed by atoms with Crippen molar-refractivity contribution in [3.8, 4) is 0 Å². The highest BCUT2D eigenvalue weighted by Crippen LogP contribution is 2.09. The number of hydrogen-bond acceptors (Lipinski definition) is 3. The number of ketones is 1. The number of esters is 1. The SMILES string of the molecule is CC(C)OC(=O)C=Cc1ccc(C=CC(=O)c2ccccc2)cc1. The van der Waals surface area contributed by atoms with Crippen LogP contribution in [0.1, 0.15) is 35.3 Å². The zero-order valence-corrected chi connectivity index (χ0v) is 13.8. The highest BCUT2D eigenvalue weighted by molar-refractivity contribution is 6.06. The van der Waals surface area contributed by atoms with E-state index in [1.165, 1.54) is 6.08 Å². The average molecular weight is 320 g/mol. The molecule has 24 heavy (non-hydrogen) atoms. The lowest BCUT2D eigenvalue weighted by Gasteiger charge is -2.03. The van der Waals surface area contributed by atoms with Crippen molar-refractivity contribution in [2.75, 3.05) is 0 Å². The summed E-state index contributed by atoms with van der Waals surface area (Å²) in [4.78, 5) is 23.4. The van der Waals surface area contributed by atoms with Crippen LogP contribution < -0.4 is 0 Å². The van der Waals surface area contributed by atoms with Crippen molar-refractivity contribution in [3.05, 3.63) is 83.4 Å². The first-order valence-electron chi connectivity index (χ1n) is 7.81. The molecule has 0 saturated heterocycles. The summed E-state index contributed by atoms with van der Waals surface area (Å²) in [5.41, 5.74) is 2.47. The number of benzene rings is 2. The fourth-order valence-electron chi connectivity index (χ4n) is 2.02. The van der Waals surface area contributed by atoms with E-state index in [4.69, 9.17) is 4.74 Å². The standard InChI is InChI=1S/C21H20O3/c1-16(2)24-21(23)15-13-18-10-8-17(9-11-18)12-14-20(22)19-6-4-3-5-7-19/h3-16H,1-2H3. The minimum Gasteiger partial charge on any atom is -0.460 e. The summed E-state index contributed by atoms with van der Waals surface area (Å²) >= 11 is 0. The van der Waals surface area contributed by atoms with Gasteiger partial charge >= 0.3 is 5.97 Å². The summed E-state index contributed by atoms with van der Waals surface area (Å²) in [6.45, 7) is 3.62. The maximum absolute atomic E-state index is 12.0. The lowest BCUT2D eigenvalue weighted by molar-refractivity contribution is -0.141. The van der Waals surface area contributed by atoms with Crippen LogP contribution in [0.5, 0.6) is 0 Å². The first-order chi connectivity index (χ1) is 11.5. The second-order valence-electron chi connectivity index (χ2n) is 5.55. The number of allylic oxidation sites excluding steroid dienone is 1. The van der Waals surface area contributed by atoms with E-state index in [0.717, 1.165) is 11.1 Å². The van der Waals surface area contributed by atoms with Crippen LogP contribution in [0.4, 0.5) is 0 Å². The molecule has 0 bridgehead atoms. The van der Waals surface area contributed by atoms with Gasteiger partial charge in [0.1, 0.15) is 0 Å². The Bertz CT molecular complexity index is 738. The predicted molar refractivity (Wildman–Crippen MR) is 96.5 cm³/mol. The van der Waals surface area contributed by atoms with Gasteiger partial charge in [0.2, 0.25) is 0 Å². The summed E-state index contributed by atoms with van der Waals surface area (Å²) < 4.78 is 5.03. The molecule has 0 aliphatic heterocycles. The maximum atomic E-state index is 12.0. The fraction of sp³-hybridized carbons (Fsp3) is 0.143. The minimum absolute atomic E-state index is 0.0315. The number of carbonyl (C=O) groups is 2. The van der Waals surface area contributed by atoms with E-state index in [2.05, 4.69) is 0 Å². The molecular formula is C21H20O3. The quantitative estimate of drug-likeness (QED) is 0.445. The van der Waals surface area contributed by atoms with E-state index in [1.54, 1.807) is 30.4 Å². The molecule has 3 nitrogen and oxygen atoms in total. The first kappa shape index (κ1) is 17.4. The minimum atomic E-state index is -0.359. The van der Waals surface area contributed by atoms with Crippen molar-refractivity contribution in [1.82, 2.24) is 0 Å². The Balaban J connectivity index is 1.97. The molecule has 0 aromatic heterocycles. The van der Waals surface area contributed by atoms with Gasteiger partial charge in [-0.25, -0.2) is 4.79 Å². The lowest BCUT2D eigenvalue weighted by atomic mass is 10.1. The van der Waals surface area contributed by atoms with E-state index >= 15 is 0 Å². The molecule has 0 spiro atoms. The summed E-state index contributed by atoms with van der Waals surface area (Å²) in [7, 11) is 0. The zero-order chi connectivity index (χ0) is 17.4. The average Bonchev–Trinajstić information content (AvgIpc) is 2.59. The third-order valence-electron chi connectivity index (χ3n) is 3.19. The van der Waals surface area contributed by atoms with Gasteiger partial charge in [-0.1, -0.05) is 60.7 Å². The van der Waals surface area contributed by atoms with Gasteiger partial charge in [-0.2, -0.15) is 0 Å². The monoisotopic (exact) mass is 320 g/mol. The summed E-state index contributed by atoms with van der Waals surface area (Å²) in [6.07, 6.45) is 6.31. The molecule has 0 amide bonds. The second-order valence-corrected chi connectivity index (χ2v) is 5.55. The molecule has 0 aliphatic rings. The number of ether oxygens (including phenoxy) is 1. The summed E-state index contributed by atoms with van der Waals surface area (Å²) in [6, 6.07) is 16.7. The largest absolute Gasteiger partial charge is 0.460 e. The molecular weight excluding hydrogens is 300 g/mol. The van der Waals surface area contributed by atoms with Gasteiger partial charge in [-0.15, -0.1) is 0 Å². The van der Waals surface area contributed by atoms with Gasteiger partial charge in [-0.3, -0.25) is 4.79 Å². The molecule has 2 rings (SSSR count). The molecule has 0 unspecified atom stereocenters. The first-order valence-corrected chi connectivity index (χ1v) is 7.81. The van der Waals surface area contributed by atoms with Gasteiger partial charge in [-0.05, 0) is 37.1 Å². The predicted octanol–water partition coefficient (Wildman–Crippen LogP) is 4.55. The Hall–Kier alpha value is -2.94. The van der Waals surface area contributed by atoms with E-state index in [0.29, 0.717) is 5.56 Å². The third kappa shape index (κ3) is 5.69. The second kappa shape index (κ2) is 8.63. The Morgan fingerprint density at radius 3 is 1.92 bits per heavy atom. The van der Waals surface area contributed by atoms with Crippen LogP contribution in [0.25, 0.3) is 12.2 Å². The molecule has 0 atom stereocenters. The molecule has 0 heterocycles. The Morgan fingerprint density at radius 1 is 0.833 bits per heavy atom. The summed E-state index contributed by atoms with van der Waals surface area (Å²) in [5.74, 6) is -0.390. The van der Waals surface area contributed by atoms with E-state index in [9.17, 15) is 9.59 Å². The molecule has 0 radical (unpaired) electrons. The van der Waals surface area contributed by atoms with Gasteiger partial charge in [0, 0.05) is 11.6 Å². The lowest BCUT2D eigenvalue weighted by Crippen LogP contribution is -2.08. The van der Waals surface area contributed by atoms with Crippen LogP contribution in [0, 0.1) is 0 Å². The van der Waals surface area contributed by atoms with Crippen LogP contribution >= 0.6 is 0 Å². The fourth-order valence-corrected chi connectivity index (χ4v) is 2.02.